The summed E-state index contributed by atoms with van der Waals surface area (Å²) in [6.45, 7) is 8.28. The number of allylic oxidation sites excluding steroid dienone is 1. The predicted molar refractivity (Wildman–Crippen MR) is 130 cm³/mol. The van der Waals surface area contributed by atoms with Gasteiger partial charge in [0.1, 0.15) is 0 Å². The summed E-state index contributed by atoms with van der Waals surface area (Å²) in [6, 6.07) is 2.06. The molecule has 174 valence electrons. The molecule has 1 amide bonds. The lowest BCUT2D eigenvalue weighted by molar-refractivity contribution is -0.123. The molecule has 0 spiro atoms. The Hall–Kier alpha value is -2.57. The van der Waals surface area contributed by atoms with Gasteiger partial charge in [0.25, 0.3) is 5.91 Å². The smallest absolute Gasteiger partial charge is 0.252 e. The molecular formula is C24H30FN6OP. The molecule has 3 aliphatic heterocycles. The fourth-order valence-corrected chi connectivity index (χ4v) is 6.02. The average molecular weight is 469 g/mol. The van der Waals surface area contributed by atoms with Crippen molar-refractivity contribution in [3.63, 3.8) is 0 Å². The number of fused-ring (bicyclic) bond motifs is 2. The number of aromatic nitrogens is 3. The van der Waals surface area contributed by atoms with E-state index >= 15 is 0 Å². The molecule has 0 saturated carbocycles. The van der Waals surface area contributed by atoms with Crippen LogP contribution in [-0.4, -0.2) is 80.4 Å². The van der Waals surface area contributed by atoms with E-state index in [2.05, 4.69) is 39.9 Å². The summed E-state index contributed by atoms with van der Waals surface area (Å²) in [6.07, 6.45) is 11.4. The number of hydrogen-bond donors (Lipinski definition) is 0. The summed E-state index contributed by atoms with van der Waals surface area (Å²) in [5.41, 5.74) is 4.90. The first-order valence-electron chi connectivity index (χ1n) is 11.7. The molecule has 2 aromatic rings. The first-order valence-corrected chi connectivity index (χ1v) is 12.7. The Bertz CT molecular complexity index is 1150. The molecule has 1 saturated heterocycles. The number of piperazine rings is 1. The third-order valence-electron chi connectivity index (χ3n) is 6.45. The van der Waals surface area contributed by atoms with Gasteiger partial charge in [-0.15, -0.1) is 0 Å². The first-order chi connectivity index (χ1) is 16.1. The molecule has 0 aliphatic carbocycles. The van der Waals surface area contributed by atoms with E-state index < -0.39 is 0 Å². The van der Waals surface area contributed by atoms with Crippen LogP contribution in [0.4, 0.5) is 4.39 Å². The molecule has 9 heteroatoms. The first kappa shape index (κ1) is 22.2. The van der Waals surface area contributed by atoms with Crippen molar-refractivity contribution in [2.75, 3.05) is 39.4 Å². The molecule has 0 bridgehead atoms. The molecular weight excluding hydrogens is 438 g/mol. The van der Waals surface area contributed by atoms with Crippen molar-refractivity contribution in [3.05, 3.63) is 59.5 Å². The van der Waals surface area contributed by atoms with E-state index in [9.17, 15) is 9.18 Å². The molecule has 5 heterocycles. The number of amides is 1. The van der Waals surface area contributed by atoms with Crippen LogP contribution >= 0.6 is 8.58 Å². The van der Waals surface area contributed by atoms with Crippen LogP contribution in [0.5, 0.6) is 0 Å². The highest BCUT2D eigenvalue weighted by molar-refractivity contribution is 7.51. The second-order valence-corrected chi connectivity index (χ2v) is 10.1. The average Bonchev–Trinajstić information content (AvgIpc) is 3.26. The lowest BCUT2D eigenvalue weighted by atomic mass is 10.2. The summed E-state index contributed by atoms with van der Waals surface area (Å²) in [4.78, 5) is 24.2. The van der Waals surface area contributed by atoms with Crippen LogP contribution in [0.25, 0.3) is 10.8 Å². The number of nitrogens with zero attached hydrogens (tertiary/aromatic N) is 6. The number of alkyl halides is 1. The van der Waals surface area contributed by atoms with Crippen molar-refractivity contribution >= 4 is 25.3 Å². The zero-order valence-electron chi connectivity index (χ0n) is 19.2. The van der Waals surface area contributed by atoms with Gasteiger partial charge in [0.15, 0.2) is 0 Å². The molecule has 2 unspecified atom stereocenters. The van der Waals surface area contributed by atoms with E-state index in [4.69, 9.17) is 5.10 Å². The van der Waals surface area contributed by atoms with Crippen LogP contribution in [0, 0.1) is 6.92 Å². The zero-order valence-corrected chi connectivity index (χ0v) is 20.2. The minimum Gasteiger partial charge on any atom is -0.368 e. The van der Waals surface area contributed by atoms with E-state index in [-0.39, 0.29) is 18.4 Å². The Kier molecular flexibility index (Phi) is 6.30. The standard InChI is InChI=1S/C24H30FN6OP/c1-3-19-21-13-20(27-31(21)15-17(2)26-19)22-14-23(32)30-16-18(5-6-24(30)33-22)29-11-9-28(10-12-29)8-4-7-25/h5-6,13-16,24,33H,3-4,7-12H2,1-2H3. The molecule has 1 fully saturated rings. The minimum absolute atomic E-state index is 0.000687. The van der Waals surface area contributed by atoms with E-state index in [0.29, 0.717) is 15.0 Å². The summed E-state index contributed by atoms with van der Waals surface area (Å²) in [7, 11) is 0.436. The largest absolute Gasteiger partial charge is 0.368 e. The predicted octanol–water partition coefficient (Wildman–Crippen LogP) is 3.18. The third-order valence-corrected chi connectivity index (χ3v) is 7.93. The molecule has 0 radical (unpaired) electrons. The second kappa shape index (κ2) is 9.35. The van der Waals surface area contributed by atoms with Gasteiger partial charge < -0.3 is 9.80 Å². The summed E-state index contributed by atoms with van der Waals surface area (Å²) in [5, 5.41) is 5.76. The second-order valence-electron chi connectivity index (χ2n) is 8.72. The monoisotopic (exact) mass is 468 g/mol. The van der Waals surface area contributed by atoms with Gasteiger partial charge in [-0.3, -0.25) is 19.1 Å². The number of carbonyl (C=O) groups is 1. The van der Waals surface area contributed by atoms with Gasteiger partial charge >= 0.3 is 0 Å². The van der Waals surface area contributed by atoms with Gasteiger partial charge in [0.2, 0.25) is 0 Å². The maximum absolute atomic E-state index is 13.1. The number of hydrogen-bond acceptors (Lipinski definition) is 5. The van der Waals surface area contributed by atoms with Crippen LogP contribution in [0.2, 0.25) is 0 Å². The van der Waals surface area contributed by atoms with Gasteiger partial charge in [-0.1, -0.05) is 21.6 Å². The molecule has 0 aromatic carbocycles. The molecule has 3 aliphatic rings. The number of carbonyl (C=O) groups excluding carboxylic acids is 1. The van der Waals surface area contributed by atoms with Crippen molar-refractivity contribution in [2.24, 2.45) is 0 Å². The van der Waals surface area contributed by atoms with Crippen LogP contribution < -0.4 is 0 Å². The molecule has 2 aromatic heterocycles. The van der Waals surface area contributed by atoms with Gasteiger partial charge in [-0.2, -0.15) is 5.10 Å². The van der Waals surface area contributed by atoms with Crippen LogP contribution in [-0.2, 0) is 11.2 Å². The quantitative estimate of drug-likeness (QED) is 0.610. The van der Waals surface area contributed by atoms with E-state index in [0.717, 1.165) is 72.8 Å². The van der Waals surface area contributed by atoms with Gasteiger partial charge in [-0.25, -0.2) is 4.52 Å². The molecule has 5 rings (SSSR count). The van der Waals surface area contributed by atoms with E-state index in [1.807, 2.05) is 28.7 Å². The van der Waals surface area contributed by atoms with Gasteiger partial charge in [-0.05, 0) is 31.9 Å². The van der Waals surface area contributed by atoms with E-state index in [1.165, 1.54) is 0 Å². The Morgan fingerprint density at radius 2 is 2.06 bits per heavy atom. The SMILES string of the molecule is CCc1nc(C)cn2nc(C3=CC(=O)N4C=C(N5CCN(CCCF)CC5)C=CC4P3)cc12. The third kappa shape index (κ3) is 4.46. The fourth-order valence-electron chi connectivity index (χ4n) is 4.69. The Balaban J connectivity index is 1.32. The maximum Gasteiger partial charge on any atom is 0.252 e. The zero-order chi connectivity index (χ0) is 22.9. The van der Waals surface area contributed by atoms with Crippen molar-refractivity contribution in [1.29, 1.82) is 0 Å². The maximum atomic E-state index is 13.1. The Morgan fingerprint density at radius 3 is 2.82 bits per heavy atom. The van der Waals surface area contributed by atoms with E-state index in [1.54, 1.807) is 6.08 Å². The van der Waals surface area contributed by atoms with Crippen LogP contribution in [0.15, 0.2) is 42.4 Å². The highest BCUT2D eigenvalue weighted by Crippen LogP contribution is 2.44. The highest BCUT2D eigenvalue weighted by Gasteiger charge is 2.31. The summed E-state index contributed by atoms with van der Waals surface area (Å²) >= 11 is 0. The van der Waals surface area contributed by atoms with Crippen molar-refractivity contribution in [2.45, 2.75) is 32.5 Å². The Morgan fingerprint density at radius 1 is 1.24 bits per heavy atom. The summed E-state index contributed by atoms with van der Waals surface area (Å²) < 4.78 is 14.3. The number of aryl methyl sites for hydroxylation is 2. The van der Waals surface area contributed by atoms with Gasteiger partial charge in [0, 0.05) is 50.3 Å². The lowest BCUT2D eigenvalue weighted by Gasteiger charge is -2.40. The molecule has 0 N–H and O–H groups in total. The molecule has 7 nitrogen and oxygen atoms in total. The highest BCUT2D eigenvalue weighted by atomic mass is 31.1. The minimum atomic E-state index is -0.256. The number of rotatable bonds is 6. The number of halogens is 1. The topological polar surface area (TPSA) is 57.0 Å². The van der Waals surface area contributed by atoms with Crippen molar-refractivity contribution in [3.8, 4) is 0 Å². The Labute approximate surface area is 195 Å². The van der Waals surface area contributed by atoms with Crippen molar-refractivity contribution in [1.82, 2.24) is 29.3 Å². The molecule has 2 atom stereocenters. The summed E-state index contributed by atoms with van der Waals surface area (Å²) in [5.74, 6) is 0.0293. The fraction of sp³-hybridized carbons (Fsp3) is 0.458. The van der Waals surface area contributed by atoms with Crippen LogP contribution in [0.3, 0.4) is 0 Å². The molecule has 33 heavy (non-hydrogen) atoms. The van der Waals surface area contributed by atoms with Crippen LogP contribution in [0.1, 0.15) is 30.4 Å². The normalized spacial score (nSPS) is 22.2. The van der Waals surface area contributed by atoms with Crippen molar-refractivity contribution < 1.29 is 9.18 Å². The van der Waals surface area contributed by atoms with Gasteiger partial charge in [0.05, 0.1) is 46.9 Å². The lowest BCUT2D eigenvalue weighted by Crippen LogP contribution is -2.47.